The van der Waals surface area contributed by atoms with E-state index in [1.54, 1.807) is 23.2 Å². The van der Waals surface area contributed by atoms with Crippen molar-refractivity contribution >= 4 is 5.69 Å². The molecule has 0 bridgehead atoms. The van der Waals surface area contributed by atoms with Crippen LogP contribution in [0.15, 0.2) is 29.5 Å². The first-order valence-corrected chi connectivity index (χ1v) is 6.27. The van der Waals surface area contributed by atoms with Gasteiger partial charge in [0.2, 0.25) is 0 Å². The number of pyridine rings is 1. The van der Waals surface area contributed by atoms with Crippen molar-refractivity contribution in [3.05, 3.63) is 40.8 Å². The number of nitrogen functional groups attached to an aromatic ring is 1. The minimum absolute atomic E-state index is 0.0191. The number of rotatable bonds is 3. The highest BCUT2D eigenvalue weighted by atomic mass is 16.1. The van der Waals surface area contributed by atoms with Gasteiger partial charge in [0.25, 0.3) is 5.56 Å². The van der Waals surface area contributed by atoms with Crippen molar-refractivity contribution in [1.82, 2.24) is 24.2 Å². The standard InChI is InChI=1S/C12H16N6O/c13-10-1-2-12(19)17(7-10)5-3-16-4-6-18-9-14-15-11(18)8-16/h1-2,7,9H,3-6,8,13H2. The molecule has 3 heterocycles. The molecular formula is C12H16N6O. The average molecular weight is 260 g/mol. The maximum absolute atomic E-state index is 11.7. The van der Waals surface area contributed by atoms with E-state index in [2.05, 4.69) is 19.7 Å². The highest BCUT2D eigenvalue weighted by Gasteiger charge is 2.16. The van der Waals surface area contributed by atoms with E-state index >= 15 is 0 Å². The van der Waals surface area contributed by atoms with Crippen LogP contribution < -0.4 is 11.3 Å². The van der Waals surface area contributed by atoms with Crippen LogP contribution >= 0.6 is 0 Å². The molecule has 7 heteroatoms. The van der Waals surface area contributed by atoms with E-state index in [-0.39, 0.29) is 5.56 Å². The highest BCUT2D eigenvalue weighted by molar-refractivity contribution is 5.33. The van der Waals surface area contributed by atoms with Gasteiger partial charge in [-0.25, -0.2) is 0 Å². The number of fused-ring (bicyclic) bond motifs is 1. The molecule has 0 unspecified atom stereocenters. The van der Waals surface area contributed by atoms with Crippen molar-refractivity contribution in [2.24, 2.45) is 0 Å². The number of hydrogen-bond acceptors (Lipinski definition) is 5. The molecule has 2 aromatic heterocycles. The largest absolute Gasteiger partial charge is 0.398 e. The Morgan fingerprint density at radius 1 is 1.26 bits per heavy atom. The Labute approximate surface area is 110 Å². The zero-order valence-corrected chi connectivity index (χ0v) is 10.6. The molecule has 19 heavy (non-hydrogen) atoms. The maximum Gasteiger partial charge on any atom is 0.250 e. The third kappa shape index (κ3) is 2.50. The van der Waals surface area contributed by atoms with E-state index in [0.717, 1.165) is 32.0 Å². The second kappa shape index (κ2) is 4.85. The third-order valence-corrected chi connectivity index (χ3v) is 3.38. The van der Waals surface area contributed by atoms with Crippen molar-refractivity contribution in [2.75, 3.05) is 18.8 Å². The van der Waals surface area contributed by atoms with Gasteiger partial charge in [-0.1, -0.05) is 0 Å². The monoisotopic (exact) mass is 260 g/mol. The second-order valence-corrected chi connectivity index (χ2v) is 4.71. The molecule has 3 rings (SSSR count). The van der Waals surface area contributed by atoms with Gasteiger partial charge in [0.05, 0.1) is 6.54 Å². The van der Waals surface area contributed by atoms with Crippen LogP contribution in [0, 0.1) is 0 Å². The van der Waals surface area contributed by atoms with Crippen molar-refractivity contribution in [1.29, 1.82) is 0 Å². The minimum atomic E-state index is -0.0191. The van der Waals surface area contributed by atoms with Gasteiger partial charge in [-0.2, -0.15) is 0 Å². The molecule has 100 valence electrons. The number of nitrogens with zero attached hydrogens (tertiary/aromatic N) is 5. The van der Waals surface area contributed by atoms with E-state index in [9.17, 15) is 4.79 Å². The fourth-order valence-electron chi connectivity index (χ4n) is 2.28. The first-order valence-electron chi connectivity index (χ1n) is 6.27. The maximum atomic E-state index is 11.7. The van der Waals surface area contributed by atoms with Crippen LogP contribution in [0.2, 0.25) is 0 Å². The van der Waals surface area contributed by atoms with E-state index in [1.807, 2.05) is 0 Å². The topological polar surface area (TPSA) is 82.0 Å². The van der Waals surface area contributed by atoms with Crippen molar-refractivity contribution in [2.45, 2.75) is 19.6 Å². The van der Waals surface area contributed by atoms with Crippen molar-refractivity contribution in [3.63, 3.8) is 0 Å². The van der Waals surface area contributed by atoms with E-state index in [4.69, 9.17) is 5.73 Å². The summed E-state index contributed by atoms with van der Waals surface area (Å²) in [6, 6.07) is 3.13. The Balaban J connectivity index is 1.64. The normalized spacial score (nSPS) is 15.4. The lowest BCUT2D eigenvalue weighted by atomic mass is 10.3. The summed E-state index contributed by atoms with van der Waals surface area (Å²) in [6.07, 6.45) is 3.45. The van der Waals surface area contributed by atoms with Crippen molar-refractivity contribution < 1.29 is 0 Å². The average Bonchev–Trinajstić information content (AvgIpc) is 2.87. The predicted octanol–water partition coefficient (Wildman–Crippen LogP) is -0.462. The van der Waals surface area contributed by atoms with E-state index in [0.29, 0.717) is 12.2 Å². The molecule has 0 spiro atoms. The molecule has 0 aliphatic carbocycles. The Hall–Kier alpha value is -2.15. The number of nitrogens with two attached hydrogens (primary N) is 1. The number of anilines is 1. The summed E-state index contributed by atoms with van der Waals surface area (Å²) in [5.41, 5.74) is 6.28. The molecule has 2 N–H and O–H groups in total. The van der Waals surface area contributed by atoms with Crippen LogP contribution in [-0.4, -0.2) is 37.3 Å². The summed E-state index contributed by atoms with van der Waals surface area (Å²) in [7, 11) is 0. The first-order chi connectivity index (χ1) is 9.22. The summed E-state index contributed by atoms with van der Waals surface area (Å²) < 4.78 is 3.71. The van der Waals surface area contributed by atoms with Crippen LogP contribution in [0.4, 0.5) is 5.69 Å². The van der Waals surface area contributed by atoms with Crippen molar-refractivity contribution in [3.8, 4) is 0 Å². The molecule has 0 saturated heterocycles. The number of hydrogen-bond donors (Lipinski definition) is 1. The van der Waals surface area contributed by atoms with Gasteiger partial charge >= 0.3 is 0 Å². The third-order valence-electron chi connectivity index (χ3n) is 3.38. The quantitative estimate of drug-likeness (QED) is 0.807. The van der Waals surface area contributed by atoms with Gasteiger partial charge in [-0.15, -0.1) is 10.2 Å². The smallest absolute Gasteiger partial charge is 0.250 e. The molecule has 1 aliphatic rings. The van der Waals surface area contributed by atoms with Crippen LogP contribution in [-0.2, 0) is 19.6 Å². The van der Waals surface area contributed by atoms with E-state index in [1.165, 1.54) is 6.07 Å². The fourth-order valence-corrected chi connectivity index (χ4v) is 2.28. The fraction of sp³-hybridized carbons (Fsp3) is 0.417. The Kier molecular flexibility index (Phi) is 3.04. The predicted molar refractivity (Wildman–Crippen MR) is 70.4 cm³/mol. The molecule has 0 saturated carbocycles. The second-order valence-electron chi connectivity index (χ2n) is 4.71. The van der Waals surface area contributed by atoms with Gasteiger partial charge in [-0.3, -0.25) is 9.69 Å². The molecule has 0 atom stereocenters. The first kappa shape index (κ1) is 11.9. The lowest BCUT2D eigenvalue weighted by molar-refractivity contribution is 0.208. The molecule has 7 nitrogen and oxygen atoms in total. The molecule has 2 aromatic rings. The van der Waals surface area contributed by atoms with Crippen LogP contribution in [0.3, 0.4) is 0 Å². The van der Waals surface area contributed by atoms with Crippen LogP contribution in [0.25, 0.3) is 0 Å². The van der Waals surface area contributed by atoms with Gasteiger partial charge in [0, 0.05) is 44.1 Å². The molecular weight excluding hydrogens is 244 g/mol. The van der Waals surface area contributed by atoms with Crippen LogP contribution in [0.5, 0.6) is 0 Å². The van der Waals surface area contributed by atoms with Gasteiger partial charge in [-0.05, 0) is 6.07 Å². The summed E-state index contributed by atoms with van der Waals surface area (Å²) in [4.78, 5) is 13.9. The Morgan fingerprint density at radius 3 is 3.05 bits per heavy atom. The molecule has 0 aromatic carbocycles. The molecule has 0 fully saturated rings. The summed E-state index contributed by atoms with van der Waals surface area (Å²) in [6.45, 7) is 4.06. The van der Waals surface area contributed by atoms with Gasteiger partial charge in [0.15, 0.2) is 0 Å². The lowest BCUT2D eigenvalue weighted by Gasteiger charge is -2.26. The zero-order valence-electron chi connectivity index (χ0n) is 10.6. The zero-order chi connectivity index (χ0) is 13.2. The van der Waals surface area contributed by atoms with E-state index < -0.39 is 0 Å². The van der Waals surface area contributed by atoms with Gasteiger partial charge < -0.3 is 14.9 Å². The molecule has 0 amide bonds. The Morgan fingerprint density at radius 2 is 2.16 bits per heavy atom. The summed E-state index contributed by atoms with van der Waals surface area (Å²) in [5, 5.41) is 7.97. The lowest BCUT2D eigenvalue weighted by Crippen LogP contribution is -2.37. The minimum Gasteiger partial charge on any atom is -0.398 e. The SMILES string of the molecule is Nc1ccc(=O)n(CCN2CCn3cnnc3C2)c1. The summed E-state index contributed by atoms with van der Waals surface area (Å²) >= 11 is 0. The molecule has 0 radical (unpaired) electrons. The Bertz CT molecular complexity index is 631. The highest BCUT2D eigenvalue weighted by Crippen LogP contribution is 2.08. The molecule has 1 aliphatic heterocycles. The van der Waals surface area contributed by atoms with Crippen LogP contribution in [0.1, 0.15) is 5.82 Å². The van der Waals surface area contributed by atoms with Gasteiger partial charge in [0.1, 0.15) is 12.2 Å². The summed E-state index contributed by atoms with van der Waals surface area (Å²) in [5.74, 6) is 0.978. The number of aromatic nitrogens is 4.